The molecule has 0 heterocycles. The highest BCUT2D eigenvalue weighted by molar-refractivity contribution is 5.88. The fraction of sp³-hybridized carbons (Fsp3) is 0.417. The van der Waals surface area contributed by atoms with E-state index in [2.05, 4.69) is 13.8 Å². The van der Waals surface area contributed by atoms with Gasteiger partial charge in [-0.1, -0.05) is 19.9 Å². The van der Waals surface area contributed by atoms with Gasteiger partial charge < -0.3 is 10.8 Å². The Bertz CT molecular complexity index is 429. The number of halogens is 1. The first-order valence-electron chi connectivity index (χ1n) is 5.05. The normalized spacial score (nSPS) is 21.1. The molecule has 1 aliphatic carbocycles. The highest BCUT2D eigenvalue weighted by atomic mass is 35.5. The van der Waals surface area contributed by atoms with Crippen LogP contribution in [0.15, 0.2) is 18.2 Å². The second kappa shape index (κ2) is 4.07. The molecule has 0 saturated carbocycles. The van der Waals surface area contributed by atoms with Crippen molar-refractivity contribution in [2.24, 2.45) is 5.73 Å². The second-order valence-corrected chi connectivity index (χ2v) is 4.80. The van der Waals surface area contributed by atoms with Crippen LogP contribution < -0.4 is 5.73 Å². The molecule has 3 nitrogen and oxygen atoms in total. The van der Waals surface area contributed by atoms with Crippen molar-refractivity contribution < 1.29 is 9.90 Å². The first kappa shape index (κ1) is 13.0. The lowest BCUT2D eigenvalue weighted by molar-refractivity contribution is 0.0696. The summed E-state index contributed by atoms with van der Waals surface area (Å²) in [5.74, 6) is -0.894. The smallest absolute Gasteiger partial charge is 0.335 e. The van der Waals surface area contributed by atoms with E-state index >= 15 is 0 Å². The minimum absolute atomic E-state index is 0. The van der Waals surface area contributed by atoms with E-state index in [1.54, 1.807) is 12.1 Å². The van der Waals surface area contributed by atoms with E-state index in [0.29, 0.717) is 5.56 Å². The topological polar surface area (TPSA) is 63.3 Å². The van der Waals surface area contributed by atoms with E-state index in [9.17, 15) is 4.79 Å². The maximum Gasteiger partial charge on any atom is 0.335 e. The average Bonchev–Trinajstić information content (AvgIpc) is 2.37. The van der Waals surface area contributed by atoms with Crippen molar-refractivity contribution in [2.45, 2.75) is 31.7 Å². The number of carboxylic acids is 1. The molecule has 1 aromatic carbocycles. The van der Waals surface area contributed by atoms with Gasteiger partial charge in [0.15, 0.2) is 0 Å². The molecule has 0 bridgehead atoms. The van der Waals surface area contributed by atoms with Crippen molar-refractivity contribution in [3.8, 4) is 0 Å². The Morgan fingerprint density at radius 3 is 2.69 bits per heavy atom. The summed E-state index contributed by atoms with van der Waals surface area (Å²) in [5.41, 5.74) is 8.55. The van der Waals surface area contributed by atoms with E-state index in [0.717, 1.165) is 12.0 Å². The first-order valence-corrected chi connectivity index (χ1v) is 5.05. The van der Waals surface area contributed by atoms with Gasteiger partial charge >= 0.3 is 5.97 Å². The van der Waals surface area contributed by atoms with Crippen LogP contribution in [0.4, 0.5) is 0 Å². The van der Waals surface area contributed by atoms with Crippen molar-refractivity contribution in [3.05, 3.63) is 34.9 Å². The molecule has 0 aliphatic heterocycles. The predicted octanol–water partition coefficient (Wildman–Crippen LogP) is 2.49. The minimum Gasteiger partial charge on any atom is -0.478 e. The molecular formula is C12H16ClNO2. The van der Waals surface area contributed by atoms with Crippen LogP contribution in [0, 0.1) is 0 Å². The monoisotopic (exact) mass is 241 g/mol. The molecule has 16 heavy (non-hydrogen) atoms. The Balaban J connectivity index is 0.00000128. The molecule has 0 unspecified atom stereocenters. The number of carboxylic acid groups (broad SMARTS) is 1. The molecule has 3 N–H and O–H groups in total. The van der Waals surface area contributed by atoms with Crippen molar-refractivity contribution in [1.82, 2.24) is 0 Å². The fourth-order valence-electron chi connectivity index (χ4n) is 2.39. The van der Waals surface area contributed by atoms with Crippen LogP contribution in [0.1, 0.15) is 47.8 Å². The molecule has 0 fully saturated rings. The third kappa shape index (κ3) is 1.93. The van der Waals surface area contributed by atoms with E-state index < -0.39 is 5.97 Å². The largest absolute Gasteiger partial charge is 0.478 e. The van der Waals surface area contributed by atoms with Gasteiger partial charge in [-0.05, 0) is 35.1 Å². The summed E-state index contributed by atoms with van der Waals surface area (Å²) >= 11 is 0. The Morgan fingerprint density at radius 2 is 2.12 bits per heavy atom. The number of fused-ring (bicyclic) bond motifs is 1. The standard InChI is InChI=1S/C12H15NO2.ClH/c1-12(2)6-10(13)8-5-7(11(14)15)3-4-9(8)12;/h3-5,10H,6,13H2,1-2H3,(H,14,15);1H/t10-;/m1./s1. The molecular weight excluding hydrogens is 226 g/mol. The van der Waals surface area contributed by atoms with Gasteiger partial charge in [-0.25, -0.2) is 4.79 Å². The molecule has 1 atom stereocenters. The molecule has 0 radical (unpaired) electrons. The van der Waals surface area contributed by atoms with Crippen LogP contribution in [0.25, 0.3) is 0 Å². The average molecular weight is 242 g/mol. The molecule has 88 valence electrons. The van der Waals surface area contributed by atoms with Crippen molar-refractivity contribution in [2.75, 3.05) is 0 Å². The lowest BCUT2D eigenvalue weighted by Crippen LogP contribution is -2.14. The summed E-state index contributed by atoms with van der Waals surface area (Å²) in [6.07, 6.45) is 0.880. The summed E-state index contributed by atoms with van der Waals surface area (Å²) in [4.78, 5) is 10.8. The lowest BCUT2D eigenvalue weighted by Gasteiger charge is -2.18. The summed E-state index contributed by atoms with van der Waals surface area (Å²) in [5, 5.41) is 8.89. The van der Waals surface area contributed by atoms with E-state index in [-0.39, 0.29) is 23.9 Å². The number of aromatic carboxylic acids is 1. The molecule has 4 heteroatoms. The number of benzene rings is 1. The van der Waals surface area contributed by atoms with Crippen molar-refractivity contribution >= 4 is 18.4 Å². The Kier molecular flexibility index (Phi) is 3.31. The molecule has 0 spiro atoms. The molecule has 0 saturated heterocycles. The molecule has 1 aromatic rings. The zero-order chi connectivity index (χ0) is 11.2. The van der Waals surface area contributed by atoms with Crippen LogP contribution in [-0.2, 0) is 5.41 Å². The van der Waals surface area contributed by atoms with Gasteiger partial charge in [0, 0.05) is 6.04 Å². The van der Waals surface area contributed by atoms with Gasteiger partial charge in [-0.15, -0.1) is 12.4 Å². The van der Waals surface area contributed by atoms with Gasteiger partial charge in [0.1, 0.15) is 0 Å². The number of hydrogen-bond acceptors (Lipinski definition) is 2. The van der Waals surface area contributed by atoms with E-state index in [1.807, 2.05) is 6.07 Å². The van der Waals surface area contributed by atoms with Crippen LogP contribution >= 0.6 is 12.4 Å². The van der Waals surface area contributed by atoms with E-state index in [1.165, 1.54) is 5.56 Å². The maximum atomic E-state index is 10.8. The summed E-state index contributed by atoms with van der Waals surface area (Å²) < 4.78 is 0. The number of rotatable bonds is 1. The van der Waals surface area contributed by atoms with Gasteiger partial charge in [-0.3, -0.25) is 0 Å². The Morgan fingerprint density at radius 1 is 1.50 bits per heavy atom. The van der Waals surface area contributed by atoms with Crippen LogP contribution in [-0.4, -0.2) is 11.1 Å². The van der Waals surface area contributed by atoms with Crippen LogP contribution in [0.2, 0.25) is 0 Å². The molecule has 2 rings (SSSR count). The van der Waals surface area contributed by atoms with Crippen LogP contribution in [0.3, 0.4) is 0 Å². The third-order valence-electron chi connectivity index (χ3n) is 3.16. The highest BCUT2D eigenvalue weighted by Gasteiger charge is 2.35. The van der Waals surface area contributed by atoms with Gasteiger partial charge in [0.05, 0.1) is 5.56 Å². The maximum absolute atomic E-state index is 10.8. The Labute approximate surface area is 101 Å². The number of hydrogen-bond donors (Lipinski definition) is 2. The zero-order valence-corrected chi connectivity index (χ0v) is 10.2. The van der Waals surface area contributed by atoms with Crippen molar-refractivity contribution in [3.63, 3.8) is 0 Å². The molecule has 0 aromatic heterocycles. The second-order valence-electron chi connectivity index (χ2n) is 4.80. The summed E-state index contributed by atoms with van der Waals surface area (Å²) in [7, 11) is 0. The third-order valence-corrected chi connectivity index (χ3v) is 3.16. The first-order chi connectivity index (χ1) is 6.92. The predicted molar refractivity (Wildman–Crippen MR) is 65.2 cm³/mol. The fourth-order valence-corrected chi connectivity index (χ4v) is 2.39. The van der Waals surface area contributed by atoms with Gasteiger partial charge in [0.25, 0.3) is 0 Å². The van der Waals surface area contributed by atoms with Gasteiger partial charge in [-0.2, -0.15) is 0 Å². The molecule has 1 aliphatic rings. The van der Waals surface area contributed by atoms with E-state index in [4.69, 9.17) is 10.8 Å². The summed E-state index contributed by atoms with van der Waals surface area (Å²) in [6, 6.07) is 5.22. The number of nitrogens with two attached hydrogens (primary N) is 1. The van der Waals surface area contributed by atoms with Gasteiger partial charge in [0.2, 0.25) is 0 Å². The minimum atomic E-state index is -0.894. The SMILES string of the molecule is CC1(C)C[C@@H](N)c2cc(C(=O)O)ccc21.Cl. The lowest BCUT2D eigenvalue weighted by atomic mass is 9.86. The Hall–Kier alpha value is -1.06. The zero-order valence-electron chi connectivity index (χ0n) is 9.36. The van der Waals surface area contributed by atoms with Crippen molar-refractivity contribution in [1.29, 1.82) is 0 Å². The quantitative estimate of drug-likeness (QED) is 0.794. The molecule has 0 amide bonds. The van der Waals surface area contributed by atoms with Crippen LogP contribution in [0.5, 0.6) is 0 Å². The number of carbonyl (C=O) groups is 1. The summed E-state index contributed by atoms with van der Waals surface area (Å²) in [6.45, 7) is 4.28. The highest BCUT2D eigenvalue weighted by Crippen LogP contribution is 2.43.